The molecule has 2 aromatic carbocycles. The molecule has 3 rings (SSSR count). The number of carbonyl (C=O) groups is 2. The molecular weight excluding hydrogens is 348 g/mol. The summed E-state index contributed by atoms with van der Waals surface area (Å²) in [5.74, 6) is 0.451. The molecular formula is C24H30N2O2. The summed E-state index contributed by atoms with van der Waals surface area (Å²) in [6.45, 7) is 5.58. The molecule has 1 aliphatic heterocycles. The Morgan fingerprint density at radius 3 is 2.11 bits per heavy atom. The first-order valence-corrected chi connectivity index (χ1v) is 10.2. The van der Waals surface area contributed by atoms with Crippen LogP contribution in [0.15, 0.2) is 60.7 Å². The molecule has 1 atom stereocenters. The number of nitrogens with one attached hydrogen (secondary N) is 1. The van der Waals surface area contributed by atoms with Crippen molar-refractivity contribution in [2.75, 3.05) is 13.1 Å². The van der Waals surface area contributed by atoms with Gasteiger partial charge in [-0.15, -0.1) is 0 Å². The third-order valence-corrected chi connectivity index (χ3v) is 5.59. The Kier molecular flexibility index (Phi) is 6.85. The SMILES string of the molecule is CC(C)C(Cc1ccccc1)C(=O)NC1CCN(C(=O)c2ccccc2)CC1. The molecule has 1 saturated heterocycles. The third kappa shape index (κ3) is 5.22. The first-order valence-electron chi connectivity index (χ1n) is 10.2. The van der Waals surface area contributed by atoms with Gasteiger partial charge in [0.25, 0.3) is 5.91 Å². The first-order chi connectivity index (χ1) is 13.5. The van der Waals surface area contributed by atoms with E-state index < -0.39 is 0 Å². The molecule has 0 spiro atoms. The van der Waals surface area contributed by atoms with Gasteiger partial charge in [0, 0.05) is 30.6 Å². The van der Waals surface area contributed by atoms with Gasteiger partial charge in [-0.3, -0.25) is 9.59 Å². The highest BCUT2D eigenvalue weighted by Gasteiger charge is 2.28. The van der Waals surface area contributed by atoms with Gasteiger partial charge in [-0.05, 0) is 42.9 Å². The lowest BCUT2D eigenvalue weighted by atomic mass is 9.88. The molecule has 0 saturated carbocycles. The van der Waals surface area contributed by atoms with Crippen LogP contribution in [-0.2, 0) is 11.2 Å². The molecule has 28 heavy (non-hydrogen) atoms. The standard InChI is InChI=1S/C24H30N2O2/c1-18(2)22(17-19-9-5-3-6-10-19)23(27)25-21-13-15-26(16-14-21)24(28)20-11-7-4-8-12-20/h3-12,18,21-22H,13-17H2,1-2H3,(H,25,27). The van der Waals surface area contributed by atoms with Gasteiger partial charge in [-0.2, -0.15) is 0 Å². The average Bonchev–Trinajstić information content (AvgIpc) is 2.73. The van der Waals surface area contributed by atoms with E-state index in [2.05, 4.69) is 31.3 Å². The van der Waals surface area contributed by atoms with Crippen LogP contribution in [0.2, 0.25) is 0 Å². The summed E-state index contributed by atoms with van der Waals surface area (Å²) in [6.07, 6.45) is 2.37. The van der Waals surface area contributed by atoms with Crippen LogP contribution < -0.4 is 5.32 Å². The van der Waals surface area contributed by atoms with Crippen molar-refractivity contribution in [1.82, 2.24) is 10.2 Å². The molecule has 1 heterocycles. The highest BCUT2D eigenvalue weighted by Crippen LogP contribution is 2.20. The Labute approximate surface area is 167 Å². The van der Waals surface area contributed by atoms with Gasteiger partial charge in [-0.1, -0.05) is 62.4 Å². The quantitative estimate of drug-likeness (QED) is 0.828. The summed E-state index contributed by atoms with van der Waals surface area (Å²) in [7, 11) is 0. The molecule has 0 radical (unpaired) electrons. The molecule has 1 aliphatic rings. The number of carbonyl (C=O) groups excluding carboxylic acids is 2. The van der Waals surface area contributed by atoms with Crippen molar-refractivity contribution in [3.05, 3.63) is 71.8 Å². The van der Waals surface area contributed by atoms with Gasteiger partial charge in [0.2, 0.25) is 5.91 Å². The lowest BCUT2D eigenvalue weighted by Crippen LogP contribution is -2.48. The van der Waals surface area contributed by atoms with E-state index in [-0.39, 0.29) is 29.7 Å². The predicted octanol–water partition coefficient (Wildman–Crippen LogP) is 3.92. The number of hydrogen-bond donors (Lipinski definition) is 1. The van der Waals surface area contributed by atoms with Gasteiger partial charge < -0.3 is 10.2 Å². The second kappa shape index (κ2) is 9.54. The fourth-order valence-corrected chi connectivity index (χ4v) is 3.80. The Balaban J connectivity index is 1.53. The number of nitrogens with zero attached hydrogens (tertiary/aromatic N) is 1. The van der Waals surface area contributed by atoms with E-state index in [9.17, 15) is 9.59 Å². The summed E-state index contributed by atoms with van der Waals surface area (Å²) in [4.78, 5) is 27.4. The van der Waals surface area contributed by atoms with Crippen LogP contribution in [0.1, 0.15) is 42.6 Å². The molecule has 0 bridgehead atoms. The molecule has 2 aromatic rings. The van der Waals surface area contributed by atoms with Gasteiger partial charge in [0.15, 0.2) is 0 Å². The van der Waals surface area contributed by atoms with Crippen molar-refractivity contribution < 1.29 is 9.59 Å². The average molecular weight is 379 g/mol. The second-order valence-electron chi connectivity index (χ2n) is 7.98. The largest absolute Gasteiger partial charge is 0.353 e. The van der Waals surface area contributed by atoms with Gasteiger partial charge in [0.05, 0.1) is 0 Å². The highest BCUT2D eigenvalue weighted by atomic mass is 16.2. The zero-order valence-electron chi connectivity index (χ0n) is 16.8. The zero-order chi connectivity index (χ0) is 19.9. The van der Waals surface area contributed by atoms with Crippen LogP contribution in [0.5, 0.6) is 0 Å². The second-order valence-corrected chi connectivity index (χ2v) is 7.98. The van der Waals surface area contributed by atoms with Crippen molar-refractivity contribution in [2.45, 2.75) is 39.2 Å². The van der Waals surface area contributed by atoms with Crippen molar-refractivity contribution >= 4 is 11.8 Å². The van der Waals surface area contributed by atoms with E-state index in [0.717, 1.165) is 24.8 Å². The molecule has 1 fully saturated rings. The number of rotatable bonds is 6. The van der Waals surface area contributed by atoms with E-state index >= 15 is 0 Å². The summed E-state index contributed by atoms with van der Waals surface area (Å²) in [5.41, 5.74) is 1.92. The number of benzene rings is 2. The fourth-order valence-electron chi connectivity index (χ4n) is 3.80. The molecule has 4 nitrogen and oxygen atoms in total. The number of piperidine rings is 1. The van der Waals surface area contributed by atoms with Crippen LogP contribution >= 0.6 is 0 Å². The summed E-state index contributed by atoms with van der Waals surface area (Å²) >= 11 is 0. The Bertz CT molecular complexity index is 766. The fraction of sp³-hybridized carbons (Fsp3) is 0.417. The van der Waals surface area contributed by atoms with Gasteiger partial charge in [-0.25, -0.2) is 0 Å². The van der Waals surface area contributed by atoms with Gasteiger partial charge in [0.1, 0.15) is 0 Å². The highest BCUT2D eigenvalue weighted by molar-refractivity contribution is 5.94. The number of hydrogen-bond acceptors (Lipinski definition) is 2. The van der Waals surface area contributed by atoms with E-state index in [4.69, 9.17) is 0 Å². The minimum Gasteiger partial charge on any atom is -0.353 e. The summed E-state index contributed by atoms with van der Waals surface area (Å²) < 4.78 is 0. The normalized spacial score (nSPS) is 16.0. The smallest absolute Gasteiger partial charge is 0.253 e. The Hall–Kier alpha value is -2.62. The van der Waals surface area contributed by atoms with E-state index in [1.807, 2.05) is 53.4 Å². The topological polar surface area (TPSA) is 49.4 Å². The van der Waals surface area contributed by atoms with Crippen molar-refractivity contribution in [3.8, 4) is 0 Å². The lowest BCUT2D eigenvalue weighted by molar-refractivity contribution is -0.127. The Morgan fingerprint density at radius 1 is 0.964 bits per heavy atom. The van der Waals surface area contributed by atoms with Crippen molar-refractivity contribution in [2.24, 2.45) is 11.8 Å². The Morgan fingerprint density at radius 2 is 1.54 bits per heavy atom. The maximum Gasteiger partial charge on any atom is 0.253 e. The monoisotopic (exact) mass is 378 g/mol. The third-order valence-electron chi connectivity index (χ3n) is 5.59. The van der Waals surface area contributed by atoms with Crippen molar-refractivity contribution in [3.63, 3.8) is 0 Å². The lowest BCUT2D eigenvalue weighted by Gasteiger charge is -2.33. The number of likely N-dealkylation sites (tertiary alicyclic amines) is 1. The van der Waals surface area contributed by atoms with Gasteiger partial charge >= 0.3 is 0 Å². The molecule has 1 unspecified atom stereocenters. The zero-order valence-corrected chi connectivity index (χ0v) is 16.8. The first kappa shape index (κ1) is 20.1. The van der Waals surface area contributed by atoms with Crippen molar-refractivity contribution in [1.29, 1.82) is 0 Å². The molecule has 4 heteroatoms. The van der Waals surface area contributed by atoms with Crippen LogP contribution in [0.4, 0.5) is 0 Å². The van der Waals surface area contributed by atoms with E-state index in [0.29, 0.717) is 13.1 Å². The minimum absolute atomic E-state index is 0.0358. The summed E-state index contributed by atoms with van der Waals surface area (Å²) in [5, 5.41) is 3.24. The molecule has 1 N–H and O–H groups in total. The number of amides is 2. The van der Waals surface area contributed by atoms with E-state index in [1.165, 1.54) is 5.56 Å². The molecule has 2 amide bonds. The van der Waals surface area contributed by atoms with Crippen LogP contribution in [0, 0.1) is 11.8 Å². The summed E-state index contributed by atoms with van der Waals surface area (Å²) in [6, 6.07) is 19.7. The van der Waals surface area contributed by atoms with Crippen LogP contribution in [-0.4, -0.2) is 35.8 Å². The van der Waals surface area contributed by atoms with Crippen LogP contribution in [0.25, 0.3) is 0 Å². The predicted molar refractivity (Wildman–Crippen MR) is 112 cm³/mol. The minimum atomic E-state index is -0.0358. The molecule has 148 valence electrons. The van der Waals surface area contributed by atoms with Crippen LogP contribution in [0.3, 0.4) is 0 Å². The maximum atomic E-state index is 12.9. The van der Waals surface area contributed by atoms with E-state index in [1.54, 1.807) is 0 Å². The molecule has 0 aliphatic carbocycles. The maximum absolute atomic E-state index is 12.9. The molecule has 0 aromatic heterocycles.